The van der Waals surface area contributed by atoms with Gasteiger partial charge in [-0.05, 0) is 58.7 Å². The van der Waals surface area contributed by atoms with Crippen molar-refractivity contribution in [2.24, 2.45) is 5.92 Å². The molecule has 1 saturated heterocycles. The van der Waals surface area contributed by atoms with Gasteiger partial charge >= 0.3 is 0 Å². The smallest absolute Gasteiger partial charge is 0.0681 e. The van der Waals surface area contributed by atoms with Crippen molar-refractivity contribution in [2.45, 2.75) is 64.7 Å². The van der Waals surface area contributed by atoms with E-state index < -0.39 is 0 Å². The fourth-order valence-electron chi connectivity index (χ4n) is 3.62. The minimum absolute atomic E-state index is 0.0818. The van der Waals surface area contributed by atoms with E-state index in [9.17, 15) is 0 Å². The Kier molecular flexibility index (Phi) is 5.02. The Balaban J connectivity index is 2.35. The first-order valence-electron chi connectivity index (χ1n) is 7.95. The molecule has 0 aromatic heterocycles. The number of hydrogen-bond donors (Lipinski definition) is 1. The van der Waals surface area contributed by atoms with Crippen LogP contribution in [-0.2, 0) is 4.74 Å². The molecule has 1 aliphatic heterocycles. The normalized spacial score (nSPS) is 25.0. The van der Waals surface area contributed by atoms with Gasteiger partial charge in [0, 0.05) is 17.0 Å². The van der Waals surface area contributed by atoms with Crippen LogP contribution >= 0.6 is 11.6 Å². The Morgan fingerprint density at radius 3 is 2.48 bits per heavy atom. The van der Waals surface area contributed by atoms with E-state index in [1.165, 1.54) is 5.56 Å². The van der Waals surface area contributed by atoms with Crippen molar-refractivity contribution in [1.82, 2.24) is 5.32 Å². The molecular weight excluding hydrogens is 282 g/mol. The highest BCUT2D eigenvalue weighted by Crippen LogP contribution is 2.48. The van der Waals surface area contributed by atoms with Gasteiger partial charge in [-0.1, -0.05) is 36.7 Å². The average Bonchev–Trinajstić information content (AvgIpc) is 2.60. The summed E-state index contributed by atoms with van der Waals surface area (Å²) in [6, 6.07) is 8.40. The van der Waals surface area contributed by atoms with E-state index in [1.807, 2.05) is 12.1 Å². The second kappa shape index (κ2) is 6.28. The number of hydrogen-bond acceptors (Lipinski definition) is 2. The molecule has 0 radical (unpaired) electrons. The molecule has 1 aromatic rings. The highest BCUT2D eigenvalue weighted by atomic mass is 35.5. The van der Waals surface area contributed by atoms with Crippen LogP contribution in [0.1, 0.15) is 59.1 Å². The average molecular weight is 310 g/mol. The third-order valence-corrected chi connectivity index (χ3v) is 4.74. The topological polar surface area (TPSA) is 21.3 Å². The maximum absolute atomic E-state index is 6.46. The van der Waals surface area contributed by atoms with E-state index in [0.29, 0.717) is 5.92 Å². The maximum atomic E-state index is 6.46. The molecule has 1 heterocycles. The maximum Gasteiger partial charge on any atom is 0.0681 e. The van der Waals surface area contributed by atoms with E-state index in [2.05, 4.69) is 52.1 Å². The Morgan fingerprint density at radius 2 is 1.95 bits per heavy atom. The molecule has 2 unspecified atom stereocenters. The van der Waals surface area contributed by atoms with Crippen molar-refractivity contribution in [3.63, 3.8) is 0 Å². The van der Waals surface area contributed by atoms with Gasteiger partial charge in [-0.2, -0.15) is 0 Å². The summed E-state index contributed by atoms with van der Waals surface area (Å²) >= 11 is 6.46. The lowest BCUT2D eigenvalue weighted by Gasteiger charge is -2.34. The minimum atomic E-state index is -0.159. The van der Waals surface area contributed by atoms with Gasteiger partial charge in [-0.3, -0.25) is 0 Å². The zero-order chi connectivity index (χ0) is 15.7. The molecule has 2 rings (SSSR count). The minimum Gasteiger partial charge on any atom is -0.369 e. The molecule has 21 heavy (non-hydrogen) atoms. The van der Waals surface area contributed by atoms with Gasteiger partial charge in [0.1, 0.15) is 0 Å². The zero-order valence-corrected chi connectivity index (χ0v) is 14.6. The summed E-state index contributed by atoms with van der Waals surface area (Å²) in [5, 5.41) is 4.54. The largest absolute Gasteiger partial charge is 0.369 e. The Hall–Kier alpha value is -0.570. The molecule has 2 atom stereocenters. The fraction of sp³-hybridized carbons (Fsp3) is 0.667. The number of halogens is 1. The Labute approximate surface area is 134 Å². The Morgan fingerprint density at radius 1 is 1.29 bits per heavy atom. The second-order valence-electron chi connectivity index (χ2n) is 7.23. The summed E-state index contributed by atoms with van der Waals surface area (Å²) in [5.74, 6) is 0.402. The molecule has 2 nitrogen and oxygen atoms in total. The van der Waals surface area contributed by atoms with Gasteiger partial charge in [0.2, 0.25) is 0 Å². The summed E-state index contributed by atoms with van der Waals surface area (Å²) in [7, 11) is 0. The fourth-order valence-corrected chi connectivity index (χ4v) is 3.87. The van der Waals surface area contributed by atoms with Crippen molar-refractivity contribution >= 4 is 11.6 Å². The van der Waals surface area contributed by atoms with Gasteiger partial charge < -0.3 is 10.1 Å². The molecule has 3 heteroatoms. The van der Waals surface area contributed by atoms with Gasteiger partial charge in [0.15, 0.2) is 0 Å². The molecule has 118 valence electrons. The molecule has 0 saturated carbocycles. The van der Waals surface area contributed by atoms with Crippen LogP contribution in [0.25, 0.3) is 0 Å². The molecular formula is C18H28ClNO. The standard InChI is InChI=1S/C18H28ClNO/c1-6-11-20-16(13-9-7-8-10-15(13)19)14-12-17(2,3)21-18(14,4)5/h7-10,14,16,20H,6,11-12H2,1-5H3. The summed E-state index contributed by atoms with van der Waals surface area (Å²) < 4.78 is 6.29. The van der Waals surface area contributed by atoms with Crippen molar-refractivity contribution in [1.29, 1.82) is 0 Å². The monoisotopic (exact) mass is 309 g/mol. The van der Waals surface area contributed by atoms with Gasteiger partial charge in [0.25, 0.3) is 0 Å². The van der Waals surface area contributed by atoms with E-state index >= 15 is 0 Å². The van der Waals surface area contributed by atoms with E-state index in [4.69, 9.17) is 16.3 Å². The lowest BCUT2D eigenvalue weighted by molar-refractivity contribution is -0.0778. The van der Waals surface area contributed by atoms with Gasteiger partial charge in [-0.25, -0.2) is 0 Å². The van der Waals surface area contributed by atoms with E-state index in [-0.39, 0.29) is 17.2 Å². The van der Waals surface area contributed by atoms with Crippen molar-refractivity contribution in [3.8, 4) is 0 Å². The predicted molar refractivity (Wildman–Crippen MR) is 89.8 cm³/mol. The van der Waals surface area contributed by atoms with Crippen LogP contribution in [0.15, 0.2) is 24.3 Å². The summed E-state index contributed by atoms with van der Waals surface area (Å²) in [5.41, 5.74) is 0.947. The van der Waals surface area contributed by atoms with Crippen LogP contribution < -0.4 is 5.32 Å². The first-order chi connectivity index (χ1) is 9.77. The molecule has 1 N–H and O–H groups in total. The van der Waals surface area contributed by atoms with Crippen LogP contribution in [-0.4, -0.2) is 17.7 Å². The van der Waals surface area contributed by atoms with Gasteiger partial charge in [0.05, 0.1) is 11.2 Å². The summed E-state index contributed by atoms with van der Waals surface area (Å²) in [6.45, 7) is 11.9. The number of benzene rings is 1. The zero-order valence-electron chi connectivity index (χ0n) is 13.9. The molecule has 1 aromatic carbocycles. The summed E-state index contributed by atoms with van der Waals surface area (Å²) in [6.07, 6.45) is 2.14. The molecule has 0 amide bonds. The first-order valence-corrected chi connectivity index (χ1v) is 8.32. The molecule has 0 bridgehead atoms. The SMILES string of the molecule is CCCNC(c1ccccc1Cl)C1CC(C)(C)OC1(C)C. The lowest BCUT2D eigenvalue weighted by atomic mass is 9.79. The number of ether oxygens (including phenoxy) is 1. The molecule has 1 fully saturated rings. The van der Waals surface area contributed by atoms with Crippen molar-refractivity contribution in [2.75, 3.05) is 6.54 Å². The van der Waals surface area contributed by atoms with Crippen LogP contribution in [0.3, 0.4) is 0 Å². The molecule has 0 spiro atoms. The van der Waals surface area contributed by atoms with Crippen LogP contribution in [0, 0.1) is 5.92 Å². The van der Waals surface area contributed by atoms with E-state index in [0.717, 1.165) is 24.4 Å². The van der Waals surface area contributed by atoms with Crippen LogP contribution in [0.4, 0.5) is 0 Å². The highest BCUT2D eigenvalue weighted by Gasteiger charge is 2.49. The quantitative estimate of drug-likeness (QED) is 0.828. The highest BCUT2D eigenvalue weighted by molar-refractivity contribution is 6.31. The predicted octanol–water partition coefficient (Wildman–Crippen LogP) is 4.97. The van der Waals surface area contributed by atoms with Crippen LogP contribution in [0.2, 0.25) is 5.02 Å². The second-order valence-corrected chi connectivity index (χ2v) is 7.64. The Bertz CT molecular complexity index is 484. The summed E-state index contributed by atoms with van der Waals surface area (Å²) in [4.78, 5) is 0. The molecule has 1 aliphatic rings. The third kappa shape index (κ3) is 3.80. The van der Waals surface area contributed by atoms with Crippen molar-refractivity contribution in [3.05, 3.63) is 34.9 Å². The van der Waals surface area contributed by atoms with E-state index in [1.54, 1.807) is 0 Å². The lowest BCUT2D eigenvalue weighted by Crippen LogP contribution is -2.39. The first kappa shape index (κ1) is 16.8. The van der Waals surface area contributed by atoms with Crippen molar-refractivity contribution < 1.29 is 4.74 Å². The number of nitrogens with one attached hydrogen (secondary N) is 1. The van der Waals surface area contributed by atoms with Gasteiger partial charge in [-0.15, -0.1) is 0 Å². The molecule has 0 aliphatic carbocycles. The third-order valence-electron chi connectivity index (χ3n) is 4.40. The van der Waals surface area contributed by atoms with Crippen LogP contribution in [0.5, 0.6) is 0 Å². The number of rotatable bonds is 5.